The number of aromatic nitrogens is 1. The average molecular weight is 446 g/mol. The van der Waals surface area contributed by atoms with Gasteiger partial charge in [-0.1, -0.05) is 57.6 Å². The van der Waals surface area contributed by atoms with Gasteiger partial charge in [0.1, 0.15) is 11.7 Å². The summed E-state index contributed by atoms with van der Waals surface area (Å²) in [5.74, 6) is -0.423. The Balaban J connectivity index is 0.000000177. The van der Waals surface area contributed by atoms with Crippen LogP contribution in [0.2, 0.25) is 0 Å². The van der Waals surface area contributed by atoms with E-state index in [0.717, 1.165) is 4.47 Å². The lowest BCUT2D eigenvalue weighted by molar-refractivity contribution is -0.676. The number of thiazole rings is 1. The van der Waals surface area contributed by atoms with Crippen molar-refractivity contribution in [3.8, 4) is 0 Å². The molecule has 0 amide bonds. The molecule has 2 aromatic carbocycles. The number of fused-ring (bicyclic) bond motifs is 1. The summed E-state index contributed by atoms with van der Waals surface area (Å²) < 4.78 is 36.8. The van der Waals surface area contributed by atoms with Gasteiger partial charge in [-0.25, -0.2) is 8.42 Å². The molecule has 128 valence electrons. The Bertz CT molecular complexity index is 924. The van der Waals surface area contributed by atoms with Crippen LogP contribution in [0.5, 0.6) is 0 Å². The Hall–Kier alpha value is -0.930. The number of hydrogen-bond acceptors (Lipinski definition) is 5. The first-order valence-corrected chi connectivity index (χ1v) is 11.3. The highest BCUT2D eigenvalue weighted by atomic mass is 79.9. The number of halogens is 1. The molecule has 0 saturated heterocycles. The molecule has 0 aliphatic rings. The number of nitrogens with zero attached hydrogens (tertiary/aromatic N) is 1. The van der Waals surface area contributed by atoms with Crippen LogP contribution in [0.15, 0.2) is 57.3 Å². The minimum absolute atomic E-state index is 0.423. The second-order valence-corrected chi connectivity index (χ2v) is 9.33. The van der Waals surface area contributed by atoms with Gasteiger partial charge in [-0.3, -0.25) is 0 Å². The number of thioether (sulfide) groups is 1. The van der Waals surface area contributed by atoms with Crippen LogP contribution in [-0.4, -0.2) is 19.2 Å². The minimum atomic E-state index is -4.13. The second-order valence-electron chi connectivity index (χ2n) is 4.93. The van der Waals surface area contributed by atoms with Crippen molar-refractivity contribution in [3.63, 3.8) is 0 Å². The van der Waals surface area contributed by atoms with Crippen molar-refractivity contribution in [1.82, 2.24) is 0 Å². The molecule has 0 aliphatic heterocycles. The highest BCUT2D eigenvalue weighted by Crippen LogP contribution is 2.28. The summed E-state index contributed by atoms with van der Waals surface area (Å²) in [6.07, 6.45) is 2.11. The van der Waals surface area contributed by atoms with Gasteiger partial charge in [-0.05, 0) is 35.7 Å². The lowest BCUT2D eigenvalue weighted by Crippen LogP contribution is -2.27. The number of aryl methyl sites for hydroxylation is 1. The smallest absolute Gasteiger partial charge is 0.297 e. The largest absolute Gasteiger partial charge is 0.748 e. The number of rotatable bonds is 3. The van der Waals surface area contributed by atoms with Crippen molar-refractivity contribution in [3.05, 3.63) is 58.6 Å². The summed E-state index contributed by atoms with van der Waals surface area (Å²) in [4.78, 5) is 0. The first kappa shape index (κ1) is 19.4. The second kappa shape index (κ2) is 8.44. The fraction of sp³-hybridized carbons (Fsp3) is 0.188. The molecular formula is C16H16BrNO3S3. The topological polar surface area (TPSA) is 61.1 Å². The van der Waals surface area contributed by atoms with Crippen molar-refractivity contribution in [2.24, 2.45) is 7.05 Å². The van der Waals surface area contributed by atoms with Gasteiger partial charge in [-0.2, -0.15) is 4.57 Å². The highest BCUT2D eigenvalue weighted by Gasteiger charge is 2.15. The Kier molecular flexibility index (Phi) is 6.82. The zero-order valence-corrected chi connectivity index (χ0v) is 17.1. The molecule has 0 aliphatic carbocycles. The van der Waals surface area contributed by atoms with Crippen LogP contribution < -0.4 is 4.57 Å². The summed E-state index contributed by atoms with van der Waals surface area (Å²) in [5.41, 5.74) is 1.83. The van der Waals surface area contributed by atoms with E-state index >= 15 is 0 Å². The Morgan fingerprint density at radius 2 is 1.88 bits per heavy atom. The zero-order chi connectivity index (χ0) is 17.7. The van der Waals surface area contributed by atoms with E-state index in [0.29, 0.717) is 5.56 Å². The SMILES string of the molecule is CSc1sc2cc(Br)ccc2[n+]1C.O=S(=O)([O-])Cc1ccccc1. The van der Waals surface area contributed by atoms with Gasteiger partial charge in [0.25, 0.3) is 4.34 Å². The number of hydrogen-bond donors (Lipinski definition) is 0. The van der Waals surface area contributed by atoms with Gasteiger partial charge in [0.2, 0.25) is 5.52 Å². The standard InChI is InChI=1S/C9H9BrNS2.C7H8O3S/c1-11-7-4-3-6(10)5-8(7)13-9(11)12-2;8-11(9,10)6-7-4-2-1-3-5-7/h3-5H,1-2H3;1-5H,6H2,(H,8,9,10)/q+1;/p-1. The van der Waals surface area contributed by atoms with E-state index < -0.39 is 15.9 Å². The molecule has 1 aromatic heterocycles. The predicted molar refractivity (Wildman–Crippen MR) is 102 cm³/mol. The molecule has 0 bridgehead atoms. The van der Waals surface area contributed by atoms with Gasteiger partial charge in [0.05, 0.1) is 15.9 Å². The molecule has 0 fully saturated rings. The third-order valence-corrected chi connectivity index (χ3v) is 6.66. The third kappa shape index (κ3) is 5.56. The summed E-state index contributed by atoms with van der Waals surface area (Å²) >= 11 is 7.11. The van der Waals surface area contributed by atoms with Gasteiger partial charge < -0.3 is 4.55 Å². The van der Waals surface area contributed by atoms with Crippen molar-refractivity contribution >= 4 is 59.4 Å². The van der Waals surface area contributed by atoms with E-state index in [-0.39, 0.29) is 0 Å². The minimum Gasteiger partial charge on any atom is -0.748 e. The molecule has 4 nitrogen and oxygen atoms in total. The van der Waals surface area contributed by atoms with Crippen LogP contribution in [0.4, 0.5) is 0 Å². The Morgan fingerprint density at radius 1 is 1.21 bits per heavy atom. The normalized spacial score (nSPS) is 11.2. The molecule has 0 N–H and O–H groups in total. The monoisotopic (exact) mass is 445 g/mol. The summed E-state index contributed by atoms with van der Waals surface area (Å²) in [6.45, 7) is 0. The Labute approximate surface area is 158 Å². The maximum absolute atomic E-state index is 10.2. The van der Waals surface area contributed by atoms with Crippen LogP contribution in [0.25, 0.3) is 10.2 Å². The van der Waals surface area contributed by atoms with E-state index in [9.17, 15) is 13.0 Å². The molecule has 0 unspecified atom stereocenters. The fourth-order valence-corrected chi connectivity index (χ4v) is 5.07. The highest BCUT2D eigenvalue weighted by molar-refractivity contribution is 9.10. The van der Waals surface area contributed by atoms with Crippen molar-refractivity contribution in [2.45, 2.75) is 10.1 Å². The molecule has 1 heterocycles. The fourth-order valence-electron chi connectivity index (χ4n) is 2.06. The van der Waals surface area contributed by atoms with Gasteiger partial charge >= 0.3 is 0 Å². The number of benzene rings is 2. The first-order chi connectivity index (χ1) is 11.3. The van der Waals surface area contributed by atoms with Crippen LogP contribution >= 0.6 is 39.0 Å². The van der Waals surface area contributed by atoms with Crippen molar-refractivity contribution in [1.29, 1.82) is 0 Å². The van der Waals surface area contributed by atoms with Crippen molar-refractivity contribution < 1.29 is 17.5 Å². The predicted octanol–water partition coefficient (Wildman–Crippen LogP) is 3.94. The summed E-state index contributed by atoms with van der Waals surface area (Å²) in [6, 6.07) is 14.8. The van der Waals surface area contributed by atoms with E-state index in [2.05, 4.69) is 52.0 Å². The summed E-state index contributed by atoms with van der Waals surface area (Å²) in [5, 5.41) is 0. The molecule has 24 heavy (non-hydrogen) atoms. The molecular weight excluding hydrogens is 430 g/mol. The molecule has 0 radical (unpaired) electrons. The van der Waals surface area contributed by atoms with E-state index in [1.807, 2.05) is 11.3 Å². The van der Waals surface area contributed by atoms with Crippen LogP contribution in [0, 0.1) is 0 Å². The van der Waals surface area contributed by atoms with Crippen LogP contribution in [0.1, 0.15) is 5.56 Å². The van der Waals surface area contributed by atoms with Crippen molar-refractivity contribution in [2.75, 3.05) is 6.26 Å². The molecule has 8 heteroatoms. The molecule has 0 atom stereocenters. The van der Waals surface area contributed by atoms with E-state index in [1.165, 1.54) is 14.6 Å². The molecule has 0 spiro atoms. The zero-order valence-electron chi connectivity index (χ0n) is 13.1. The van der Waals surface area contributed by atoms with Crippen LogP contribution in [0.3, 0.4) is 0 Å². The summed E-state index contributed by atoms with van der Waals surface area (Å²) in [7, 11) is -2.02. The maximum Gasteiger partial charge on any atom is 0.297 e. The average Bonchev–Trinajstić information content (AvgIpc) is 2.83. The third-order valence-electron chi connectivity index (χ3n) is 3.12. The van der Waals surface area contributed by atoms with Crippen LogP contribution in [-0.2, 0) is 22.9 Å². The first-order valence-electron chi connectivity index (χ1n) is 6.89. The lowest BCUT2D eigenvalue weighted by atomic mass is 10.2. The maximum atomic E-state index is 10.2. The van der Waals surface area contributed by atoms with Gasteiger partial charge in [0, 0.05) is 10.5 Å². The Morgan fingerprint density at radius 3 is 2.46 bits per heavy atom. The quantitative estimate of drug-likeness (QED) is 0.347. The van der Waals surface area contributed by atoms with E-state index in [1.54, 1.807) is 42.1 Å². The lowest BCUT2D eigenvalue weighted by Gasteiger charge is -2.05. The molecule has 3 rings (SSSR count). The van der Waals surface area contributed by atoms with E-state index in [4.69, 9.17) is 0 Å². The van der Waals surface area contributed by atoms with Gasteiger partial charge in [-0.15, -0.1) is 0 Å². The van der Waals surface area contributed by atoms with Gasteiger partial charge in [0.15, 0.2) is 0 Å². The molecule has 3 aromatic rings. The molecule has 0 saturated carbocycles.